The van der Waals surface area contributed by atoms with Gasteiger partial charge in [-0.3, -0.25) is 9.59 Å². The maximum atomic E-state index is 11.6. The van der Waals surface area contributed by atoms with Crippen LogP contribution in [0.15, 0.2) is 12.3 Å². The molecule has 1 aliphatic rings. The second kappa shape index (κ2) is 3.17. The molecule has 2 heterocycles. The summed E-state index contributed by atoms with van der Waals surface area (Å²) < 4.78 is 1.69. The molecule has 1 aromatic heterocycles. The van der Waals surface area contributed by atoms with Crippen LogP contribution in [0.3, 0.4) is 0 Å². The van der Waals surface area contributed by atoms with E-state index in [1.54, 1.807) is 23.9 Å². The minimum Gasteiger partial charge on any atom is -0.350 e. The van der Waals surface area contributed by atoms with Crippen LogP contribution in [0, 0.1) is 0 Å². The van der Waals surface area contributed by atoms with Gasteiger partial charge in [0.2, 0.25) is 5.91 Å². The predicted molar refractivity (Wildman–Crippen MR) is 51.0 cm³/mol. The summed E-state index contributed by atoms with van der Waals surface area (Å²) in [6.07, 6.45) is 2.07. The lowest BCUT2D eigenvalue weighted by molar-refractivity contribution is -0.116. The van der Waals surface area contributed by atoms with Gasteiger partial charge in [-0.1, -0.05) is 0 Å². The Bertz CT molecular complexity index is 395. The fourth-order valence-corrected chi connectivity index (χ4v) is 1.50. The van der Waals surface area contributed by atoms with E-state index >= 15 is 0 Å². The molecule has 5 nitrogen and oxygen atoms in total. The van der Waals surface area contributed by atoms with Gasteiger partial charge >= 0.3 is 0 Å². The molecule has 0 aromatic carbocycles. The highest BCUT2D eigenvalue weighted by atomic mass is 16.2. The number of nitrogens with one attached hydrogen (secondary N) is 2. The van der Waals surface area contributed by atoms with Crippen LogP contribution >= 0.6 is 0 Å². The van der Waals surface area contributed by atoms with Crippen molar-refractivity contribution in [3.8, 4) is 0 Å². The monoisotopic (exact) mass is 193 g/mol. The number of fused-ring (bicyclic) bond motifs is 1. The highest BCUT2D eigenvalue weighted by Gasteiger charge is 2.19. The number of amides is 2. The molecular formula is C9H11N3O2. The average Bonchev–Trinajstić information content (AvgIpc) is 2.44. The predicted octanol–water partition coefficient (Wildman–Crippen LogP) is 0.0971. The fourth-order valence-electron chi connectivity index (χ4n) is 1.50. The minimum absolute atomic E-state index is 0.0718. The third-order valence-electron chi connectivity index (χ3n) is 2.20. The quantitative estimate of drug-likeness (QED) is 0.613. The molecule has 0 unspecified atom stereocenters. The Morgan fingerprint density at radius 2 is 2.21 bits per heavy atom. The van der Waals surface area contributed by atoms with Crippen LogP contribution < -0.4 is 10.6 Å². The van der Waals surface area contributed by atoms with Crippen LogP contribution in [0.25, 0.3) is 0 Å². The van der Waals surface area contributed by atoms with Crippen molar-refractivity contribution in [2.24, 2.45) is 7.05 Å². The molecule has 74 valence electrons. The van der Waals surface area contributed by atoms with Crippen LogP contribution in [-0.4, -0.2) is 22.9 Å². The molecule has 2 amide bonds. The standard InChI is InChI=1S/C9H11N3O2/c1-12-5-3-6-8(12)9(14)10-4-2-7(13)11-6/h3,5H,2,4H2,1H3,(H,10,14)(H,11,13). The first-order valence-electron chi connectivity index (χ1n) is 4.42. The third-order valence-corrected chi connectivity index (χ3v) is 2.20. The van der Waals surface area contributed by atoms with Crippen LogP contribution in [0.4, 0.5) is 5.69 Å². The molecule has 5 heteroatoms. The Morgan fingerprint density at radius 1 is 1.43 bits per heavy atom. The molecule has 2 N–H and O–H groups in total. The van der Waals surface area contributed by atoms with E-state index in [0.717, 1.165) is 0 Å². The van der Waals surface area contributed by atoms with Gasteiger partial charge < -0.3 is 15.2 Å². The van der Waals surface area contributed by atoms with Gasteiger partial charge in [0.15, 0.2) is 0 Å². The smallest absolute Gasteiger partial charge is 0.270 e. The lowest BCUT2D eigenvalue weighted by Gasteiger charge is -2.13. The van der Waals surface area contributed by atoms with Crippen LogP contribution in [0.2, 0.25) is 0 Å². The van der Waals surface area contributed by atoms with Gasteiger partial charge in [-0.15, -0.1) is 0 Å². The minimum atomic E-state index is -0.146. The van der Waals surface area contributed by atoms with E-state index in [1.165, 1.54) is 0 Å². The zero-order valence-corrected chi connectivity index (χ0v) is 7.83. The molecule has 0 saturated heterocycles. The normalized spacial score (nSPS) is 16.4. The zero-order valence-electron chi connectivity index (χ0n) is 7.83. The molecule has 1 aromatic rings. The first kappa shape index (κ1) is 8.80. The Hall–Kier alpha value is -1.78. The maximum Gasteiger partial charge on any atom is 0.270 e. The van der Waals surface area contributed by atoms with Crippen molar-refractivity contribution in [1.82, 2.24) is 9.88 Å². The molecule has 0 spiro atoms. The SMILES string of the molecule is Cn1ccc2c1C(=O)NCCC(=O)N2. The number of hydrogen-bond donors (Lipinski definition) is 2. The molecule has 2 rings (SSSR count). The highest BCUT2D eigenvalue weighted by Crippen LogP contribution is 2.17. The summed E-state index contributed by atoms with van der Waals surface area (Å²) in [6, 6.07) is 1.72. The van der Waals surface area contributed by atoms with Gasteiger partial charge in [0.1, 0.15) is 5.69 Å². The van der Waals surface area contributed by atoms with E-state index in [4.69, 9.17) is 0 Å². The molecule has 0 saturated carbocycles. The van der Waals surface area contributed by atoms with E-state index < -0.39 is 0 Å². The van der Waals surface area contributed by atoms with Crippen LogP contribution in [0.1, 0.15) is 16.9 Å². The van der Waals surface area contributed by atoms with Gasteiger partial charge in [0, 0.05) is 26.2 Å². The highest BCUT2D eigenvalue weighted by molar-refractivity contribution is 6.04. The first-order valence-corrected chi connectivity index (χ1v) is 4.42. The summed E-state index contributed by atoms with van der Waals surface area (Å²) in [5.74, 6) is -0.218. The summed E-state index contributed by atoms with van der Waals surface area (Å²) in [5.41, 5.74) is 1.08. The summed E-state index contributed by atoms with van der Waals surface area (Å²) in [7, 11) is 1.77. The van der Waals surface area contributed by atoms with Crippen molar-refractivity contribution < 1.29 is 9.59 Å². The number of rotatable bonds is 0. The van der Waals surface area contributed by atoms with Crippen molar-refractivity contribution in [3.05, 3.63) is 18.0 Å². The van der Waals surface area contributed by atoms with Crippen LogP contribution in [0.5, 0.6) is 0 Å². The molecule has 14 heavy (non-hydrogen) atoms. The van der Waals surface area contributed by atoms with E-state index in [2.05, 4.69) is 10.6 Å². The van der Waals surface area contributed by atoms with Crippen molar-refractivity contribution in [2.75, 3.05) is 11.9 Å². The third kappa shape index (κ3) is 1.37. The van der Waals surface area contributed by atoms with Gasteiger partial charge in [-0.2, -0.15) is 0 Å². The topological polar surface area (TPSA) is 63.1 Å². The largest absolute Gasteiger partial charge is 0.350 e. The van der Waals surface area contributed by atoms with E-state index in [1.807, 2.05) is 0 Å². The van der Waals surface area contributed by atoms with Gasteiger partial charge in [-0.05, 0) is 6.07 Å². The lowest BCUT2D eigenvalue weighted by atomic mass is 10.2. The van der Waals surface area contributed by atoms with E-state index in [-0.39, 0.29) is 11.8 Å². The number of carbonyl (C=O) groups excluding carboxylic acids is 2. The summed E-state index contributed by atoms with van der Waals surface area (Å²) in [5, 5.41) is 5.37. The van der Waals surface area contributed by atoms with Crippen LogP contribution in [-0.2, 0) is 11.8 Å². The van der Waals surface area contributed by atoms with E-state index in [9.17, 15) is 9.59 Å². The average molecular weight is 193 g/mol. The molecule has 0 bridgehead atoms. The van der Waals surface area contributed by atoms with Crippen molar-refractivity contribution in [2.45, 2.75) is 6.42 Å². The first-order chi connectivity index (χ1) is 6.68. The molecule has 0 fully saturated rings. The number of aromatic nitrogens is 1. The Morgan fingerprint density at radius 3 is 3.00 bits per heavy atom. The Balaban J connectivity index is 2.44. The number of nitrogens with zero attached hydrogens (tertiary/aromatic N) is 1. The Kier molecular flexibility index (Phi) is 1.99. The number of hydrogen-bond acceptors (Lipinski definition) is 2. The number of anilines is 1. The molecule has 0 atom stereocenters. The fraction of sp³-hybridized carbons (Fsp3) is 0.333. The molecule has 1 aliphatic heterocycles. The Labute approximate surface area is 81.1 Å². The van der Waals surface area contributed by atoms with Gasteiger partial charge in [0.25, 0.3) is 5.91 Å². The summed E-state index contributed by atoms with van der Waals surface area (Å²) in [6.45, 7) is 0.384. The molecule has 0 aliphatic carbocycles. The van der Waals surface area contributed by atoms with Crippen molar-refractivity contribution >= 4 is 17.5 Å². The summed E-state index contributed by atoms with van der Waals surface area (Å²) >= 11 is 0. The summed E-state index contributed by atoms with van der Waals surface area (Å²) in [4.78, 5) is 22.8. The molecular weight excluding hydrogens is 182 g/mol. The maximum absolute atomic E-state index is 11.6. The second-order valence-electron chi connectivity index (χ2n) is 3.24. The number of aryl methyl sites for hydroxylation is 1. The van der Waals surface area contributed by atoms with Gasteiger partial charge in [0.05, 0.1) is 5.69 Å². The second-order valence-corrected chi connectivity index (χ2v) is 3.24. The van der Waals surface area contributed by atoms with Crippen molar-refractivity contribution in [1.29, 1.82) is 0 Å². The van der Waals surface area contributed by atoms with E-state index in [0.29, 0.717) is 24.3 Å². The zero-order chi connectivity index (χ0) is 10.1. The number of carbonyl (C=O) groups is 2. The van der Waals surface area contributed by atoms with Crippen molar-refractivity contribution in [3.63, 3.8) is 0 Å². The van der Waals surface area contributed by atoms with Gasteiger partial charge in [-0.25, -0.2) is 0 Å². The molecule has 0 radical (unpaired) electrons. The lowest BCUT2D eigenvalue weighted by Crippen LogP contribution is -2.32.